The van der Waals surface area contributed by atoms with E-state index in [9.17, 15) is 26.4 Å². The van der Waals surface area contributed by atoms with Crippen molar-refractivity contribution < 1.29 is 31.2 Å². The molecule has 13 nitrogen and oxygen atoms in total. The molecule has 15 heteroatoms. The van der Waals surface area contributed by atoms with Gasteiger partial charge in [0.1, 0.15) is 0 Å². The number of pyridine rings is 2. The number of amides is 1. The Hall–Kier alpha value is -4.86. The van der Waals surface area contributed by atoms with Crippen LogP contribution in [0, 0.1) is 0 Å². The number of hydrogen-bond acceptors (Lipinski definition) is 10. The number of rotatable bonds is 10. The van der Waals surface area contributed by atoms with Crippen molar-refractivity contribution in [1.29, 1.82) is 0 Å². The topological polar surface area (TPSA) is 182 Å². The summed E-state index contributed by atoms with van der Waals surface area (Å²) in [6.45, 7) is 0.307. The van der Waals surface area contributed by atoms with Crippen molar-refractivity contribution in [3.05, 3.63) is 120 Å². The highest BCUT2D eigenvalue weighted by Crippen LogP contribution is 2.21. The zero-order valence-corrected chi connectivity index (χ0v) is 25.8. The molecular formula is C29H32N6O7S2. The number of benzene rings is 2. The van der Waals surface area contributed by atoms with Gasteiger partial charge in [-0.1, -0.05) is 24.3 Å². The van der Waals surface area contributed by atoms with Gasteiger partial charge < -0.3 is 4.74 Å². The molecule has 0 aliphatic carbocycles. The Labute approximate surface area is 256 Å². The largest absolute Gasteiger partial charge is 0.465 e. The third-order valence-electron chi connectivity index (χ3n) is 6.04. The van der Waals surface area contributed by atoms with E-state index in [4.69, 9.17) is 5.84 Å². The van der Waals surface area contributed by atoms with Crippen molar-refractivity contribution in [2.75, 3.05) is 28.2 Å². The predicted octanol–water partition coefficient (Wildman–Crippen LogP) is 2.49. The first-order valence-electron chi connectivity index (χ1n) is 12.9. The van der Waals surface area contributed by atoms with Gasteiger partial charge in [0, 0.05) is 18.0 Å². The van der Waals surface area contributed by atoms with E-state index in [1.54, 1.807) is 85.2 Å². The van der Waals surface area contributed by atoms with Gasteiger partial charge in [-0.3, -0.25) is 28.8 Å². The van der Waals surface area contributed by atoms with Crippen LogP contribution in [0.5, 0.6) is 0 Å². The smallest absolute Gasteiger partial charge is 0.337 e. The van der Waals surface area contributed by atoms with Gasteiger partial charge in [0.05, 0.1) is 62.0 Å². The molecule has 0 fully saturated rings. The van der Waals surface area contributed by atoms with Crippen molar-refractivity contribution in [2.24, 2.45) is 5.84 Å². The number of nitrogens with one attached hydrogen (secondary N) is 1. The molecule has 2 aromatic heterocycles. The highest BCUT2D eigenvalue weighted by Gasteiger charge is 2.19. The number of carbonyl (C=O) groups is 2. The standard InChI is InChI=1S/C15H16N2O4S.C14H16N4O3S/c1-21-15(18)13-7-5-12(6-8-13)11-17(22(2,19)20)14-4-3-9-16-10-14;1-22(20,21)18(13-3-2-8-16-9-13)10-11-4-6-12(7-5-11)14(19)17-15/h3-10H,11H2,1-2H3;2-9H,10,15H2,1H3,(H,17,19). The second kappa shape index (κ2) is 15.0. The Kier molecular flexibility index (Phi) is 11.5. The SMILES string of the molecule is COC(=O)c1ccc(CN(c2cccnc2)S(C)(=O)=O)cc1.CS(=O)(=O)N(Cc1ccc(C(=O)NN)cc1)c1cccnc1. The maximum absolute atomic E-state index is 12.0. The molecule has 0 spiro atoms. The molecule has 4 rings (SSSR count). The maximum atomic E-state index is 12.0. The summed E-state index contributed by atoms with van der Waals surface area (Å²) in [4.78, 5) is 30.6. The number of hydrazine groups is 1. The van der Waals surface area contributed by atoms with E-state index in [2.05, 4.69) is 14.7 Å². The summed E-state index contributed by atoms with van der Waals surface area (Å²) in [5.41, 5.74) is 5.31. The second-order valence-electron chi connectivity index (χ2n) is 9.32. The molecule has 0 aliphatic heterocycles. The Bertz CT molecular complexity index is 1620. The van der Waals surface area contributed by atoms with Crippen LogP contribution in [-0.2, 0) is 37.9 Å². The Balaban J connectivity index is 0.000000240. The minimum Gasteiger partial charge on any atom is -0.465 e. The van der Waals surface area contributed by atoms with Gasteiger partial charge in [0.15, 0.2) is 0 Å². The molecule has 0 radical (unpaired) electrons. The van der Waals surface area contributed by atoms with Crippen LogP contribution in [0.25, 0.3) is 0 Å². The molecule has 0 bridgehead atoms. The average molecular weight is 641 g/mol. The lowest BCUT2D eigenvalue weighted by Gasteiger charge is -2.22. The first-order valence-corrected chi connectivity index (χ1v) is 16.6. The number of nitrogens with zero attached hydrogens (tertiary/aromatic N) is 4. The van der Waals surface area contributed by atoms with Gasteiger partial charge in [0.25, 0.3) is 5.91 Å². The van der Waals surface area contributed by atoms with E-state index in [0.717, 1.165) is 23.6 Å². The number of sulfonamides is 2. The highest BCUT2D eigenvalue weighted by atomic mass is 32.2. The van der Waals surface area contributed by atoms with E-state index in [1.165, 1.54) is 28.1 Å². The van der Waals surface area contributed by atoms with Crippen LogP contribution >= 0.6 is 0 Å². The highest BCUT2D eigenvalue weighted by molar-refractivity contribution is 7.92. The van der Waals surface area contributed by atoms with Crippen LogP contribution in [0.1, 0.15) is 31.8 Å². The number of hydrogen-bond donors (Lipinski definition) is 2. The summed E-state index contributed by atoms with van der Waals surface area (Å²) < 4.78 is 55.0. The third-order valence-corrected chi connectivity index (χ3v) is 8.32. The monoisotopic (exact) mass is 640 g/mol. The minimum atomic E-state index is -3.45. The molecule has 3 N–H and O–H groups in total. The summed E-state index contributed by atoms with van der Waals surface area (Å²) >= 11 is 0. The number of carbonyl (C=O) groups excluding carboxylic acids is 2. The number of anilines is 2. The Morgan fingerprint density at radius 2 is 1.14 bits per heavy atom. The molecule has 1 amide bonds. The van der Waals surface area contributed by atoms with Crippen molar-refractivity contribution in [3.63, 3.8) is 0 Å². The van der Waals surface area contributed by atoms with E-state index >= 15 is 0 Å². The van der Waals surface area contributed by atoms with Crippen LogP contribution in [0.2, 0.25) is 0 Å². The third kappa shape index (κ3) is 9.58. The van der Waals surface area contributed by atoms with Crippen LogP contribution in [-0.4, -0.2) is 58.3 Å². The summed E-state index contributed by atoms with van der Waals surface area (Å²) in [5, 5.41) is 0. The van der Waals surface area contributed by atoms with E-state index < -0.39 is 31.9 Å². The number of ether oxygens (including phenoxy) is 1. The molecule has 44 heavy (non-hydrogen) atoms. The van der Waals surface area contributed by atoms with E-state index in [-0.39, 0.29) is 13.1 Å². The van der Waals surface area contributed by atoms with Gasteiger partial charge >= 0.3 is 5.97 Å². The molecule has 0 atom stereocenters. The van der Waals surface area contributed by atoms with Gasteiger partial charge in [-0.25, -0.2) is 27.5 Å². The normalized spacial score (nSPS) is 11.0. The fourth-order valence-electron chi connectivity index (χ4n) is 3.84. The van der Waals surface area contributed by atoms with Gasteiger partial charge in [-0.05, 0) is 59.7 Å². The van der Waals surface area contributed by atoms with E-state index in [1.807, 2.05) is 5.43 Å². The number of aromatic nitrogens is 2. The number of nitrogen functional groups attached to an aromatic ring is 1. The van der Waals surface area contributed by atoms with Crippen molar-refractivity contribution in [2.45, 2.75) is 13.1 Å². The Morgan fingerprint density at radius 1 is 0.727 bits per heavy atom. The van der Waals surface area contributed by atoms with E-state index in [0.29, 0.717) is 22.5 Å². The Morgan fingerprint density at radius 3 is 1.45 bits per heavy atom. The van der Waals surface area contributed by atoms with Crippen molar-refractivity contribution in [1.82, 2.24) is 15.4 Å². The van der Waals surface area contributed by atoms with Crippen molar-refractivity contribution >= 4 is 43.3 Å². The first kappa shape index (κ1) is 33.6. The lowest BCUT2D eigenvalue weighted by molar-refractivity contribution is 0.0600. The van der Waals surface area contributed by atoms with Crippen molar-refractivity contribution in [3.8, 4) is 0 Å². The quantitative estimate of drug-likeness (QED) is 0.113. The van der Waals surface area contributed by atoms with Crippen LogP contribution in [0.3, 0.4) is 0 Å². The summed E-state index contributed by atoms with van der Waals surface area (Å²) in [5.74, 6) is 4.23. The molecule has 0 saturated heterocycles. The molecule has 4 aromatic rings. The molecule has 0 saturated carbocycles. The van der Waals surface area contributed by atoms with Crippen LogP contribution in [0.4, 0.5) is 11.4 Å². The zero-order valence-electron chi connectivity index (χ0n) is 24.2. The number of nitrogens with two attached hydrogens (primary N) is 1. The number of methoxy groups -OCH3 is 1. The summed E-state index contributed by atoms with van der Waals surface area (Å²) in [7, 11) is -5.59. The fourth-order valence-corrected chi connectivity index (χ4v) is 5.59. The second-order valence-corrected chi connectivity index (χ2v) is 13.1. The van der Waals surface area contributed by atoms with Gasteiger partial charge in [-0.2, -0.15) is 0 Å². The zero-order chi connectivity index (χ0) is 32.3. The average Bonchev–Trinajstić information content (AvgIpc) is 3.02. The lowest BCUT2D eigenvalue weighted by atomic mass is 10.1. The summed E-state index contributed by atoms with van der Waals surface area (Å²) in [6, 6.07) is 19.8. The molecule has 232 valence electrons. The molecular weight excluding hydrogens is 608 g/mol. The maximum Gasteiger partial charge on any atom is 0.337 e. The molecule has 2 aromatic carbocycles. The summed E-state index contributed by atoms with van der Waals surface area (Å²) in [6.07, 6.45) is 8.40. The van der Waals surface area contributed by atoms with Gasteiger partial charge in [-0.15, -0.1) is 0 Å². The molecule has 0 unspecified atom stereocenters. The first-order chi connectivity index (χ1) is 20.8. The van der Waals surface area contributed by atoms with Crippen LogP contribution < -0.4 is 19.9 Å². The minimum absolute atomic E-state index is 0.148. The molecule has 0 aliphatic rings. The predicted molar refractivity (Wildman–Crippen MR) is 166 cm³/mol. The lowest BCUT2D eigenvalue weighted by Crippen LogP contribution is -2.30. The van der Waals surface area contributed by atoms with Gasteiger partial charge in [0.2, 0.25) is 20.0 Å². The molecule has 2 heterocycles. The number of esters is 1. The fraction of sp³-hybridized carbons (Fsp3) is 0.172. The van der Waals surface area contributed by atoms with Crippen LogP contribution in [0.15, 0.2) is 97.6 Å².